The molecule has 1 atom stereocenters. The van der Waals surface area contributed by atoms with Gasteiger partial charge in [0.25, 0.3) is 0 Å². The Balaban J connectivity index is 3.06. The summed E-state index contributed by atoms with van der Waals surface area (Å²) in [6, 6.07) is 0. The molecule has 0 aromatic rings. The molecule has 58 valence electrons. The number of rotatable bonds is 5. The van der Waals surface area contributed by atoms with Crippen LogP contribution in [0.25, 0.3) is 0 Å². The number of nitriles is 1. The van der Waals surface area contributed by atoms with Crippen LogP contribution in [0.15, 0.2) is 0 Å². The first-order valence-corrected chi connectivity index (χ1v) is 5.70. The summed E-state index contributed by atoms with van der Waals surface area (Å²) in [7, 11) is 0. The molecule has 1 unspecified atom stereocenters. The fourth-order valence-electron chi connectivity index (χ4n) is 0.831. The van der Waals surface area contributed by atoms with Crippen molar-refractivity contribution in [1.82, 2.24) is 0 Å². The van der Waals surface area contributed by atoms with Crippen LogP contribution < -0.4 is 0 Å². The van der Waals surface area contributed by atoms with Gasteiger partial charge >= 0.3 is 69.5 Å². The molecular weight excluding hydrogens is 189 g/mol. The van der Waals surface area contributed by atoms with Crippen molar-refractivity contribution >= 4 is 15.0 Å². The van der Waals surface area contributed by atoms with Crippen LogP contribution in [0.2, 0.25) is 4.82 Å². The molecule has 0 rings (SSSR count). The van der Waals surface area contributed by atoms with Gasteiger partial charge in [0.05, 0.1) is 0 Å². The zero-order chi connectivity index (χ0) is 7.82. The fraction of sp³-hybridized carbons (Fsp3) is 0.875. The van der Waals surface area contributed by atoms with Gasteiger partial charge in [-0.25, -0.2) is 0 Å². The van der Waals surface area contributed by atoms with Crippen molar-refractivity contribution in [2.75, 3.05) is 0 Å². The van der Waals surface area contributed by atoms with E-state index in [1.54, 1.807) is 0 Å². The van der Waals surface area contributed by atoms with Crippen LogP contribution in [0, 0.1) is 10.2 Å². The zero-order valence-corrected chi connectivity index (χ0v) is 8.47. The van der Waals surface area contributed by atoms with Crippen LogP contribution in [0.5, 0.6) is 0 Å². The molecule has 2 heteroatoms. The Bertz CT molecular complexity index is 106. The minimum absolute atomic E-state index is 0.230. The van der Waals surface area contributed by atoms with Crippen molar-refractivity contribution in [3.63, 3.8) is 0 Å². The van der Waals surface area contributed by atoms with Gasteiger partial charge in [-0.15, -0.1) is 0 Å². The van der Waals surface area contributed by atoms with Crippen molar-refractivity contribution in [1.29, 1.82) is 5.26 Å². The quantitative estimate of drug-likeness (QED) is 0.498. The van der Waals surface area contributed by atoms with Crippen molar-refractivity contribution in [2.45, 2.75) is 44.3 Å². The van der Waals surface area contributed by atoms with Crippen molar-refractivity contribution in [3.05, 3.63) is 0 Å². The van der Waals surface area contributed by atoms with E-state index in [9.17, 15) is 0 Å². The third-order valence-corrected chi connectivity index (χ3v) is 3.03. The van der Waals surface area contributed by atoms with Crippen LogP contribution in [0.3, 0.4) is 0 Å². The Morgan fingerprint density at radius 3 is 2.70 bits per heavy atom. The third-order valence-electron chi connectivity index (χ3n) is 1.47. The Labute approximate surface area is 70.0 Å². The Morgan fingerprint density at radius 1 is 1.50 bits per heavy atom. The summed E-state index contributed by atoms with van der Waals surface area (Å²) < 4.78 is 0. The normalized spacial score (nSPS) is 12.5. The number of unbranched alkanes of at least 4 members (excludes halogenated alkanes) is 2. The molecule has 0 radical (unpaired) electrons. The van der Waals surface area contributed by atoms with Crippen LogP contribution in [0.1, 0.15) is 39.5 Å². The summed E-state index contributed by atoms with van der Waals surface area (Å²) in [5.41, 5.74) is 0. The van der Waals surface area contributed by atoms with E-state index in [0.717, 1.165) is 0 Å². The van der Waals surface area contributed by atoms with E-state index in [1.807, 2.05) is 0 Å². The molecule has 10 heavy (non-hydrogen) atoms. The van der Waals surface area contributed by atoms with Crippen LogP contribution in [-0.4, -0.2) is 15.0 Å². The molecule has 0 bridgehead atoms. The monoisotopic (exact) mass is 205 g/mol. The third kappa shape index (κ3) is 6.13. The van der Waals surface area contributed by atoms with Gasteiger partial charge in [-0.3, -0.25) is 0 Å². The Hall–Kier alpha value is 0.00948. The molecule has 0 saturated carbocycles. The SMILES string of the molecule is CCCCCC(C)[Se]C#N. The first-order chi connectivity index (χ1) is 4.81. The van der Waals surface area contributed by atoms with Gasteiger partial charge in [0, 0.05) is 0 Å². The molecule has 0 heterocycles. The molecule has 0 saturated heterocycles. The molecule has 0 spiro atoms. The first kappa shape index (κ1) is 10.0. The molecule has 0 aromatic carbocycles. The number of hydrogen-bond acceptors (Lipinski definition) is 1. The van der Waals surface area contributed by atoms with E-state index in [4.69, 9.17) is 5.26 Å². The molecule has 0 aromatic heterocycles. The summed E-state index contributed by atoms with van der Waals surface area (Å²) in [5.74, 6) is 0. The molecule has 0 aliphatic carbocycles. The standard InChI is InChI=1S/C8H15NSe/c1-3-4-5-6-8(2)10-7-9/h8H,3-6H2,1-2H3. The number of nitrogens with zero attached hydrogens (tertiary/aromatic N) is 1. The maximum atomic E-state index is 8.37. The fourth-order valence-corrected chi connectivity index (χ4v) is 1.81. The predicted octanol–water partition coefficient (Wildman–Crippen LogP) is 2.56. The van der Waals surface area contributed by atoms with Crippen LogP contribution in [0.4, 0.5) is 0 Å². The van der Waals surface area contributed by atoms with Gasteiger partial charge in [0.1, 0.15) is 0 Å². The zero-order valence-electron chi connectivity index (χ0n) is 6.76. The van der Waals surface area contributed by atoms with Crippen molar-refractivity contribution in [3.8, 4) is 4.97 Å². The molecular formula is C8H15NSe. The van der Waals surface area contributed by atoms with Gasteiger partial charge in [-0.05, 0) is 0 Å². The second-order valence-corrected chi connectivity index (χ2v) is 5.08. The second kappa shape index (κ2) is 7.12. The Morgan fingerprint density at radius 2 is 2.20 bits per heavy atom. The van der Waals surface area contributed by atoms with E-state index in [0.29, 0.717) is 4.82 Å². The van der Waals surface area contributed by atoms with Gasteiger partial charge in [-0.1, -0.05) is 0 Å². The van der Waals surface area contributed by atoms with E-state index in [-0.39, 0.29) is 15.0 Å². The van der Waals surface area contributed by atoms with E-state index >= 15 is 0 Å². The first-order valence-electron chi connectivity index (χ1n) is 3.86. The summed E-state index contributed by atoms with van der Waals surface area (Å²) in [6.07, 6.45) is 5.17. The molecule has 0 aliphatic rings. The predicted molar refractivity (Wildman–Crippen MR) is 44.9 cm³/mol. The molecule has 0 N–H and O–H groups in total. The number of hydrogen-bond donors (Lipinski definition) is 0. The van der Waals surface area contributed by atoms with Gasteiger partial charge < -0.3 is 0 Å². The van der Waals surface area contributed by atoms with Crippen LogP contribution >= 0.6 is 0 Å². The average Bonchev–Trinajstić information content (AvgIpc) is 1.89. The topological polar surface area (TPSA) is 23.8 Å². The van der Waals surface area contributed by atoms with E-state index < -0.39 is 0 Å². The molecule has 1 nitrogen and oxygen atoms in total. The van der Waals surface area contributed by atoms with Gasteiger partial charge in [0.2, 0.25) is 0 Å². The van der Waals surface area contributed by atoms with Gasteiger partial charge in [0.15, 0.2) is 0 Å². The summed E-state index contributed by atoms with van der Waals surface area (Å²) >= 11 is 0.230. The maximum absolute atomic E-state index is 8.37. The molecule has 0 amide bonds. The summed E-state index contributed by atoms with van der Waals surface area (Å²) in [6.45, 7) is 4.39. The summed E-state index contributed by atoms with van der Waals surface area (Å²) in [5, 5.41) is 8.37. The van der Waals surface area contributed by atoms with Crippen molar-refractivity contribution in [2.24, 2.45) is 0 Å². The molecule has 0 aliphatic heterocycles. The molecule has 0 fully saturated rings. The van der Waals surface area contributed by atoms with Crippen LogP contribution in [-0.2, 0) is 0 Å². The van der Waals surface area contributed by atoms with Crippen molar-refractivity contribution < 1.29 is 0 Å². The van der Waals surface area contributed by atoms with Gasteiger partial charge in [-0.2, -0.15) is 0 Å². The second-order valence-electron chi connectivity index (χ2n) is 2.52. The average molecular weight is 204 g/mol. The summed E-state index contributed by atoms with van der Waals surface area (Å²) in [4.78, 5) is 2.93. The Kier molecular flexibility index (Phi) is 7.13. The van der Waals surface area contributed by atoms with E-state index in [2.05, 4.69) is 18.8 Å². The van der Waals surface area contributed by atoms with E-state index in [1.165, 1.54) is 25.7 Å². The minimum atomic E-state index is 0.230.